The average Bonchev–Trinajstić information content (AvgIpc) is 2.74. The molecule has 2 saturated heterocycles. The number of hydrogen-bond acceptors (Lipinski definition) is 4. The summed E-state index contributed by atoms with van der Waals surface area (Å²) in [6, 6.07) is 19.4. The summed E-state index contributed by atoms with van der Waals surface area (Å²) in [6.07, 6.45) is 2.04. The molecule has 2 fully saturated rings. The van der Waals surface area contributed by atoms with E-state index in [1.165, 1.54) is 16.7 Å². The van der Waals surface area contributed by atoms with Gasteiger partial charge in [0, 0.05) is 38.2 Å². The van der Waals surface area contributed by atoms with Crippen LogP contribution in [0.25, 0.3) is 11.1 Å². The Bertz CT molecular complexity index is 809. The summed E-state index contributed by atoms with van der Waals surface area (Å²) >= 11 is 0. The molecule has 4 rings (SSSR count). The highest BCUT2D eigenvalue weighted by atomic mass is 16.5. The van der Waals surface area contributed by atoms with Gasteiger partial charge in [0.15, 0.2) is 0 Å². The summed E-state index contributed by atoms with van der Waals surface area (Å²) in [5, 5.41) is 10.1. The fraction of sp³-hybridized carbons (Fsp3) is 0.458. The van der Waals surface area contributed by atoms with Crippen LogP contribution in [0.15, 0.2) is 54.6 Å². The molecule has 154 valence electrons. The zero-order chi connectivity index (χ0) is 20.2. The van der Waals surface area contributed by atoms with Crippen LogP contribution in [0.5, 0.6) is 0 Å². The van der Waals surface area contributed by atoms with Gasteiger partial charge < -0.3 is 14.7 Å². The zero-order valence-electron chi connectivity index (χ0n) is 17.0. The molecule has 2 aliphatic heterocycles. The summed E-state index contributed by atoms with van der Waals surface area (Å²) in [6.45, 7) is 2.75. The lowest BCUT2D eigenvalue weighted by atomic mass is 9.74. The highest BCUT2D eigenvalue weighted by Gasteiger charge is 2.49. The van der Waals surface area contributed by atoms with Crippen LogP contribution in [0.4, 0.5) is 0 Å². The third-order valence-corrected chi connectivity index (χ3v) is 6.39. The Hall–Kier alpha value is -2.21. The number of fused-ring (bicyclic) bond motifs is 1. The van der Waals surface area contributed by atoms with Crippen LogP contribution in [0.1, 0.15) is 24.3 Å². The van der Waals surface area contributed by atoms with E-state index in [-0.39, 0.29) is 37.1 Å². The number of methoxy groups -OCH3 is 1. The van der Waals surface area contributed by atoms with E-state index in [0.29, 0.717) is 6.54 Å². The van der Waals surface area contributed by atoms with E-state index in [1.54, 1.807) is 7.11 Å². The molecule has 0 unspecified atom stereocenters. The first-order valence-corrected chi connectivity index (χ1v) is 10.5. The number of hydrogen-bond donors (Lipinski definition) is 1. The van der Waals surface area contributed by atoms with Gasteiger partial charge in [0.2, 0.25) is 5.91 Å². The van der Waals surface area contributed by atoms with Gasteiger partial charge in [0.1, 0.15) is 6.61 Å². The van der Waals surface area contributed by atoms with E-state index < -0.39 is 0 Å². The Morgan fingerprint density at radius 2 is 1.72 bits per heavy atom. The molecular weight excluding hydrogens is 364 g/mol. The predicted octanol–water partition coefficient (Wildman–Crippen LogP) is 2.75. The van der Waals surface area contributed by atoms with E-state index >= 15 is 0 Å². The average molecular weight is 395 g/mol. The van der Waals surface area contributed by atoms with E-state index in [0.717, 1.165) is 25.9 Å². The first-order valence-electron chi connectivity index (χ1n) is 10.5. The minimum Gasteiger partial charge on any atom is -0.395 e. The molecule has 2 aliphatic rings. The highest BCUT2D eigenvalue weighted by molar-refractivity contribution is 5.77. The lowest BCUT2D eigenvalue weighted by molar-refractivity contribution is -0.140. The van der Waals surface area contributed by atoms with Crippen molar-refractivity contribution in [3.8, 4) is 11.1 Å². The SMILES string of the molecule is COCC(=O)N1CCCCN2[C@H](CO)[C@H](c3ccc(-c4ccccc4)cc3)[C@@H]2C1. The lowest BCUT2D eigenvalue weighted by Crippen LogP contribution is -2.68. The molecule has 0 radical (unpaired) electrons. The van der Waals surface area contributed by atoms with Gasteiger partial charge in [-0.25, -0.2) is 0 Å². The lowest BCUT2D eigenvalue weighted by Gasteiger charge is -2.57. The van der Waals surface area contributed by atoms with Gasteiger partial charge in [0.05, 0.1) is 6.61 Å². The van der Waals surface area contributed by atoms with Gasteiger partial charge in [-0.05, 0) is 36.1 Å². The summed E-state index contributed by atoms with van der Waals surface area (Å²) < 4.78 is 5.07. The second-order valence-corrected chi connectivity index (χ2v) is 8.05. The van der Waals surface area contributed by atoms with Crippen LogP contribution in [0.2, 0.25) is 0 Å². The van der Waals surface area contributed by atoms with Crippen molar-refractivity contribution in [3.05, 3.63) is 60.2 Å². The topological polar surface area (TPSA) is 53.0 Å². The van der Waals surface area contributed by atoms with Crippen LogP contribution >= 0.6 is 0 Å². The van der Waals surface area contributed by atoms with Crippen molar-refractivity contribution in [1.29, 1.82) is 0 Å². The molecule has 1 N–H and O–H groups in total. The van der Waals surface area contributed by atoms with E-state index in [4.69, 9.17) is 4.74 Å². The minimum atomic E-state index is 0.0555. The Kier molecular flexibility index (Phi) is 6.28. The molecule has 3 atom stereocenters. The van der Waals surface area contributed by atoms with E-state index in [1.807, 2.05) is 11.0 Å². The van der Waals surface area contributed by atoms with E-state index in [2.05, 4.69) is 53.4 Å². The number of amides is 1. The summed E-state index contributed by atoms with van der Waals surface area (Å²) in [4.78, 5) is 16.8. The number of carbonyl (C=O) groups is 1. The number of carbonyl (C=O) groups excluding carboxylic acids is 1. The number of benzene rings is 2. The fourth-order valence-corrected chi connectivity index (χ4v) is 4.91. The molecular formula is C24H30N2O3. The maximum atomic E-state index is 12.5. The van der Waals surface area contributed by atoms with Gasteiger partial charge in [-0.2, -0.15) is 0 Å². The number of aliphatic hydroxyl groups is 1. The molecule has 29 heavy (non-hydrogen) atoms. The normalized spacial score (nSPS) is 24.9. The molecule has 5 heteroatoms. The molecule has 0 aromatic heterocycles. The monoisotopic (exact) mass is 394 g/mol. The molecule has 1 amide bonds. The van der Waals surface area contributed by atoms with Gasteiger partial charge in [0.25, 0.3) is 0 Å². The highest BCUT2D eigenvalue weighted by Crippen LogP contribution is 2.42. The quantitative estimate of drug-likeness (QED) is 0.847. The largest absolute Gasteiger partial charge is 0.395 e. The van der Waals surface area contributed by atoms with E-state index in [9.17, 15) is 9.90 Å². The number of rotatable bonds is 5. The standard InChI is InChI=1S/C24H30N2O3/c1-29-17-23(28)25-13-5-6-14-26-21(15-25)24(22(26)16-27)20-11-9-19(10-12-20)18-7-3-2-4-8-18/h2-4,7-12,21-22,24,27H,5-6,13-17H2,1H3/t21-,22+,24+/m0/s1. The molecule has 0 spiro atoms. The predicted molar refractivity (Wildman–Crippen MR) is 114 cm³/mol. The van der Waals surface area contributed by atoms with Crippen molar-refractivity contribution in [1.82, 2.24) is 9.80 Å². The molecule has 0 saturated carbocycles. The molecule has 2 aromatic rings. The second kappa shape index (κ2) is 9.08. The minimum absolute atomic E-state index is 0.0555. The molecule has 0 aliphatic carbocycles. The van der Waals surface area contributed by atoms with Crippen LogP contribution in [-0.2, 0) is 9.53 Å². The Morgan fingerprint density at radius 3 is 2.41 bits per heavy atom. The third kappa shape index (κ3) is 4.08. The van der Waals surface area contributed by atoms with Gasteiger partial charge in [-0.1, -0.05) is 54.6 Å². The first-order chi connectivity index (χ1) is 14.2. The zero-order valence-corrected chi connectivity index (χ0v) is 17.0. The van der Waals surface area contributed by atoms with Crippen molar-refractivity contribution < 1.29 is 14.6 Å². The first kappa shape index (κ1) is 20.1. The molecule has 0 bridgehead atoms. The Balaban J connectivity index is 1.56. The molecule has 5 nitrogen and oxygen atoms in total. The van der Waals surface area contributed by atoms with Crippen molar-refractivity contribution in [2.45, 2.75) is 30.8 Å². The number of ether oxygens (including phenoxy) is 1. The van der Waals surface area contributed by atoms with Crippen LogP contribution in [0.3, 0.4) is 0 Å². The van der Waals surface area contributed by atoms with Gasteiger partial charge in [-0.15, -0.1) is 0 Å². The Morgan fingerprint density at radius 1 is 1.03 bits per heavy atom. The summed E-state index contributed by atoms with van der Waals surface area (Å²) in [7, 11) is 1.57. The second-order valence-electron chi connectivity index (χ2n) is 8.05. The van der Waals surface area contributed by atoms with Crippen LogP contribution in [0, 0.1) is 0 Å². The van der Waals surface area contributed by atoms with Crippen LogP contribution in [-0.4, -0.2) is 72.9 Å². The number of aliphatic hydroxyl groups excluding tert-OH is 1. The fourth-order valence-electron chi connectivity index (χ4n) is 4.91. The smallest absolute Gasteiger partial charge is 0.248 e. The maximum absolute atomic E-state index is 12.5. The van der Waals surface area contributed by atoms with Crippen molar-refractivity contribution in [3.63, 3.8) is 0 Å². The van der Waals surface area contributed by atoms with Crippen molar-refractivity contribution in [2.24, 2.45) is 0 Å². The van der Waals surface area contributed by atoms with Crippen LogP contribution < -0.4 is 0 Å². The summed E-state index contributed by atoms with van der Waals surface area (Å²) in [5.41, 5.74) is 3.64. The van der Waals surface area contributed by atoms with Gasteiger partial charge in [-0.3, -0.25) is 9.69 Å². The maximum Gasteiger partial charge on any atom is 0.248 e. The summed E-state index contributed by atoms with van der Waals surface area (Å²) in [5.74, 6) is 0.292. The van der Waals surface area contributed by atoms with Gasteiger partial charge >= 0.3 is 0 Å². The third-order valence-electron chi connectivity index (χ3n) is 6.39. The number of nitrogens with zero attached hydrogens (tertiary/aromatic N) is 2. The Labute approximate surface area is 172 Å². The molecule has 2 heterocycles. The molecule has 2 aromatic carbocycles. The van der Waals surface area contributed by atoms with Crippen molar-refractivity contribution >= 4 is 5.91 Å². The van der Waals surface area contributed by atoms with Crippen molar-refractivity contribution in [2.75, 3.05) is 40.0 Å².